The molecule has 0 aliphatic heterocycles. The molecule has 8 aromatic carbocycles. The zero-order valence-electron chi connectivity index (χ0n) is 67.2. The van der Waals surface area contributed by atoms with E-state index in [-0.39, 0.29) is 63.6 Å². The minimum Gasteiger partial charge on any atom is -0.465 e. The molecule has 0 amide bonds. The van der Waals surface area contributed by atoms with Gasteiger partial charge in [-0.05, 0) is 190 Å². The maximum Gasteiger partial charge on any atom is 0.335 e. The Labute approximate surface area is 655 Å². The van der Waals surface area contributed by atoms with Crippen LogP contribution in [0.25, 0.3) is 34.4 Å². The maximum atomic E-state index is 12.8. The minimum atomic E-state index is -0.681. The van der Waals surface area contributed by atoms with Gasteiger partial charge in [-0.2, -0.15) is 0 Å². The van der Waals surface area contributed by atoms with Gasteiger partial charge < -0.3 is 42.6 Å². The first-order valence-corrected chi connectivity index (χ1v) is 37.4. The highest BCUT2D eigenvalue weighted by molar-refractivity contribution is 5.89. The standard InChI is InChI=1S/C43H42O9.C43H42O8.4C2H6/c1-27(2)41(46)48-25-31-9-7-29(8-10-31)13-21-39(44)51-33-17-19-35-36-20-18-34(24-38(36)43(5,6)37(35)23-33)52-40(45)22-14-30-11-15-32(16-12-30)49-26-50-42(47)28(3)4;1-28(2)41(44)48-25-32-11-7-30(8-12-32)15-20-40(51-46)34-16-18-36-37-19-17-35(24-39(37)43(5,6)38(36)23-34)50-27-47-22-21-31-9-13-33(14-10-31)26-49-42(45)29(3)4;4*1-2/h7-12,15-20,23-24H,1,3,13-14,21-22,25-26H2,2,4-6H3;7-24,40,46H,1,3,25-27H2,2,4-6H3;4*1-2H3. The third-order valence-electron chi connectivity index (χ3n) is 17.4. The van der Waals surface area contributed by atoms with Gasteiger partial charge in [0.05, 0.1) is 6.26 Å². The fraction of sp³-hybridized carbons (Fsp3) is 0.298. The normalized spacial score (nSPS) is 12.0. The van der Waals surface area contributed by atoms with Gasteiger partial charge in [0.1, 0.15) is 48.9 Å². The zero-order valence-corrected chi connectivity index (χ0v) is 67.2. The minimum absolute atomic E-state index is 0.0365. The Balaban J connectivity index is 0.000000365. The molecule has 8 aromatic rings. The van der Waals surface area contributed by atoms with Crippen LogP contribution in [0.4, 0.5) is 0 Å². The van der Waals surface area contributed by atoms with Crippen LogP contribution in [0, 0.1) is 0 Å². The molecule has 2 aliphatic rings. The van der Waals surface area contributed by atoms with Crippen molar-refractivity contribution in [2.24, 2.45) is 0 Å². The molecule has 10 rings (SSSR count). The van der Waals surface area contributed by atoms with Crippen LogP contribution in [0.2, 0.25) is 0 Å². The molecule has 0 radical (unpaired) electrons. The van der Waals surface area contributed by atoms with Crippen molar-refractivity contribution >= 4 is 48.0 Å². The largest absolute Gasteiger partial charge is 0.465 e. The number of carbonyl (C=O) groups is 6. The van der Waals surface area contributed by atoms with E-state index >= 15 is 0 Å². The second-order valence-electron chi connectivity index (χ2n) is 26.2. The molecule has 0 saturated carbocycles. The molecule has 586 valence electrons. The number of benzene rings is 8. The van der Waals surface area contributed by atoms with Crippen molar-refractivity contribution in [3.05, 3.63) is 298 Å². The summed E-state index contributed by atoms with van der Waals surface area (Å²) in [4.78, 5) is 76.8. The summed E-state index contributed by atoms with van der Waals surface area (Å²) in [7, 11) is 0. The van der Waals surface area contributed by atoms with Crippen LogP contribution in [0.1, 0.15) is 196 Å². The molecule has 0 heterocycles. The number of hydrogen-bond donors (Lipinski definition) is 1. The van der Waals surface area contributed by atoms with E-state index in [1.807, 2.05) is 195 Å². The van der Waals surface area contributed by atoms with Crippen LogP contribution >= 0.6 is 0 Å². The highest BCUT2D eigenvalue weighted by atomic mass is 17.1. The third kappa shape index (κ3) is 26.3. The van der Waals surface area contributed by atoms with Gasteiger partial charge in [-0.25, -0.2) is 24.1 Å². The molecule has 111 heavy (non-hydrogen) atoms. The molecule has 2 aliphatic carbocycles. The first-order valence-electron chi connectivity index (χ1n) is 37.4. The van der Waals surface area contributed by atoms with Crippen molar-refractivity contribution < 1.29 is 81.5 Å². The Bertz CT molecular complexity index is 4550. The molecule has 0 saturated heterocycles. The summed E-state index contributed by atoms with van der Waals surface area (Å²) in [5, 5.41) is 9.85. The zero-order chi connectivity index (χ0) is 82.0. The van der Waals surface area contributed by atoms with E-state index in [4.69, 9.17) is 47.5 Å². The van der Waals surface area contributed by atoms with E-state index < -0.39 is 35.4 Å². The van der Waals surface area contributed by atoms with E-state index in [1.165, 1.54) is 0 Å². The highest BCUT2D eigenvalue weighted by Gasteiger charge is 2.38. The predicted octanol–water partition coefficient (Wildman–Crippen LogP) is 21.7. The van der Waals surface area contributed by atoms with E-state index in [0.717, 1.165) is 89.0 Å². The molecular formula is C94H108O17. The summed E-state index contributed by atoms with van der Waals surface area (Å²) in [6.45, 7) is 45.5. The van der Waals surface area contributed by atoms with Gasteiger partial charge in [-0.1, -0.05) is 237 Å². The van der Waals surface area contributed by atoms with E-state index in [1.54, 1.807) is 64.3 Å². The Kier molecular flexibility index (Phi) is 36.2. The summed E-state index contributed by atoms with van der Waals surface area (Å²) in [6.07, 6.45) is 7.78. The molecule has 0 bridgehead atoms. The molecule has 0 aromatic heterocycles. The molecule has 0 spiro atoms. The lowest BCUT2D eigenvalue weighted by Crippen LogP contribution is -2.16. The lowest BCUT2D eigenvalue weighted by atomic mass is 9.81. The number of rotatable bonds is 30. The molecule has 1 N–H and O–H groups in total. The lowest BCUT2D eigenvalue weighted by Gasteiger charge is -2.23. The van der Waals surface area contributed by atoms with E-state index in [9.17, 15) is 34.0 Å². The third-order valence-corrected chi connectivity index (χ3v) is 17.4. The van der Waals surface area contributed by atoms with E-state index in [0.29, 0.717) is 58.1 Å². The van der Waals surface area contributed by atoms with Gasteiger partial charge in [0.15, 0.2) is 0 Å². The first kappa shape index (κ1) is 90.0. The lowest BCUT2D eigenvalue weighted by molar-refractivity contribution is -0.268. The summed E-state index contributed by atoms with van der Waals surface area (Å²) in [6, 6.07) is 53.4. The van der Waals surface area contributed by atoms with Crippen molar-refractivity contribution in [3.63, 3.8) is 0 Å². The molecule has 17 nitrogen and oxygen atoms in total. The Morgan fingerprint density at radius 1 is 0.387 bits per heavy atom. The average molecular weight is 1510 g/mol. The van der Waals surface area contributed by atoms with Crippen molar-refractivity contribution in [2.75, 3.05) is 13.6 Å². The summed E-state index contributed by atoms with van der Waals surface area (Å²) in [5.74, 6) is -0.316. The predicted molar refractivity (Wildman–Crippen MR) is 438 cm³/mol. The summed E-state index contributed by atoms with van der Waals surface area (Å²) >= 11 is 0. The molecular weight excluding hydrogens is 1400 g/mol. The van der Waals surface area contributed by atoms with Crippen LogP contribution in [0.3, 0.4) is 0 Å². The first-order chi connectivity index (χ1) is 53.2. The van der Waals surface area contributed by atoms with Crippen LogP contribution in [0.15, 0.2) is 231 Å². The molecule has 0 fully saturated rings. The van der Waals surface area contributed by atoms with Crippen LogP contribution in [-0.4, -0.2) is 54.7 Å². The van der Waals surface area contributed by atoms with Gasteiger partial charge >= 0.3 is 35.8 Å². The fourth-order valence-corrected chi connectivity index (χ4v) is 11.4. The van der Waals surface area contributed by atoms with Gasteiger partial charge in [0.2, 0.25) is 13.6 Å². The quantitative estimate of drug-likeness (QED) is 0.00510. The van der Waals surface area contributed by atoms with Crippen molar-refractivity contribution in [2.45, 2.75) is 173 Å². The van der Waals surface area contributed by atoms with Crippen LogP contribution in [-0.2, 0) is 101 Å². The van der Waals surface area contributed by atoms with Crippen molar-refractivity contribution in [1.82, 2.24) is 0 Å². The van der Waals surface area contributed by atoms with Crippen molar-refractivity contribution in [1.29, 1.82) is 0 Å². The topological polar surface area (TPSA) is 215 Å². The van der Waals surface area contributed by atoms with Crippen molar-refractivity contribution in [3.8, 4) is 45.3 Å². The molecule has 17 heteroatoms. The number of fused-ring (bicyclic) bond motifs is 6. The highest BCUT2D eigenvalue weighted by Crippen LogP contribution is 2.52. The van der Waals surface area contributed by atoms with Gasteiger partial charge in [-0.3, -0.25) is 14.8 Å². The van der Waals surface area contributed by atoms with E-state index in [2.05, 4.69) is 72.2 Å². The second-order valence-corrected chi connectivity index (χ2v) is 26.2. The number of carbonyl (C=O) groups excluding carboxylic acids is 6. The van der Waals surface area contributed by atoms with Crippen LogP contribution < -0.4 is 18.9 Å². The Morgan fingerprint density at radius 3 is 1.12 bits per heavy atom. The Morgan fingerprint density at radius 2 is 0.712 bits per heavy atom. The smallest absolute Gasteiger partial charge is 0.335 e. The summed E-state index contributed by atoms with van der Waals surface area (Å²) < 4.78 is 48.9. The van der Waals surface area contributed by atoms with Gasteiger partial charge in [0.25, 0.3) is 0 Å². The number of esters is 6. The molecule has 1 unspecified atom stereocenters. The molecule has 1 atom stereocenters. The SMILES string of the molecule is C=C(C)C(=O)OCOc1ccc(CCC(=O)Oc2ccc3c(c2)C(C)(C)c2cc(OC(=O)CCc4ccc(COC(=O)C(=C)C)cc4)ccc2-3)cc1.C=C(C)C(=O)OCc1ccc(C=COCOc2ccc3c(c2)C(C)(C)c2cc(C(C=Cc4ccc(COC(=O)C(=C)C)cc4)OO)ccc2-3)cc1.CC.CC.CC.CC. The second kappa shape index (κ2) is 44.7. The average Bonchev–Trinajstić information content (AvgIpc) is 1.59. The number of ether oxygens (including phenoxy) is 9. The van der Waals surface area contributed by atoms with Crippen LogP contribution in [0.5, 0.6) is 23.0 Å². The van der Waals surface area contributed by atoms with Gasteiger partial charge in [0, 0.05) is 46.0 Å². The summed E-state index contributed by atoms with van der Waals surface area (Å²) in [5.41, 5.74) is 16.3. The monoisotopic (exact) mass is 1510 g/mol. The van der Waals surface area contributed by atoms with Gasteiger partial charge in [-0.15, -0.1) is 0 Å². The Hall–Kier alpha value is -11.7. The number of aryl methyl sites for hydroxylation is 2. The number of hydrogen-bond acceptors (Lipinski definition) is 17. The maximum absolute atomic E-state index is 12.8. The fourth-order valence-electron chi connectivity index (χ4n) is 11.4.